The first-order chi connectivity index (χ1) is 7.22. The van der Waals surface area contributed by atoms with Crippen LogP contribution in [0.4, 0.5) is 4.39 Å². The lowest BCUT2D eigenvalue weighted by atomic mass is 9.97. The third-order valence-corrected chi connectivity index (χ3v) is 2.08. The van der Waals surface area contributed by atoms with Crippen LogP contribution in [0.2, 0.25) is 0 Å². The monoisotopic (exact) mass is 206 g/mol. The molecule has 1 atom stereocenters. The fourth-order valence-electron chi connectivity index (χ4n) is 1.32. The summed E-state index contributed by atoms with van der Waals surface area (Å²) in [5, 5.41) is 8.84. The van der Waals surface area contributed by atoms with E-state index >= 15 is 0 Å². The lowest BCUT2D eigenvalue weighted by Gasteiger charge is -2.11. The Labute approximate surface area is 89.3 Å². The Balaban J connectivity index is 3.08. The summed E-state index contributed by atoms with van der Waals surface area (Å²) in [5.41, 5.74) is 1.06. The Morgan fingerprint density at radius 2 is 2.33 bits per heavy atom. The smallest absolute Gasteiger partial charge is 0.119 e. The Kier molecular flexibility index (Phi) is 4.11. The molecular weight excluding hydrogens is 193 g/mol. The topological polar surface area (TPSA) is 33.0 Å². The molecule has 0 aromatic heterocycles. The van der Waals surface area contributed by atoms with E-state index < -0.39 is 12.6 Å². The van der Waals surface area contributed by atoms with Gasteiger partial charge in [-0.1, -0.05) is 0 Å². The van der Waals surface area contributed by atoms with Crippen molar-refractivity contribution < 1.29 is 9.13 Å². The van der Waals surface area contributed by atoms with Crippen molar-refractivity contribution in [2.24, 2.45) is 0 Å². The van der Waals surface area contributed by atoms with Gasteiger partial charge in [-0.05, 0) is 37.6 Å². The van der Waals surface area contributed by atoms with Crippen molar-refractivity contribution in [2.75, 3.05) is 13.3 Å². The number of hydrogen-bond donors (Lipinski definition) is 0. The van der Waals surface area contributed by atoms with Crippen LogP contribution in [-0.2, 0) is 0 Å². The molecule has 0 aliphatic heterocycles. The fraction of sp³-hybridized carbons (Fsp3) is 0.333. The van der Waals surface area contributed by atoms with Crippen LogP contribution in [0.5, 0.6) is 5.75 Å². The lowest BCUT2D eigenvalue weighted by molar-refractivity contribution is 0.339. The van der Waals surface area contributed by atoms with Gasteiger partial charge in [0.1, 0.15) is 5.75 Å². The third kappa shape index (κ3) is 2.69. The summed E-state index contributed by atoms with van der Waals surface area (Å²) < 4.78 is 17.8. The summed E-state index contributed by atoms with van der Waals surface area (Å²) >= 11 is 0. The predicted octanol–water partition coefficient (Wildman–Crippen LogP) is 2.84. The second kappa shape index (κ2) is 5.35. The van der Waals surface area contributed by atoms with Gasteiger partial charge in [0.15, 0.2) is 0 Å². The molecule has 2 nitrogen and oxygen atoms in total. The normalized spacial score (nSPS) is 11.9. The maximum Gasteiger partial charge on any atom is 0.119 e. The molecule has 3 heteroatoms. The predicted molar refractivity (Wildman–Crippen MR) is 56.4 cm³/mol. The van der Waals surface area contributed by atoms with Crippen molar-refractivity contribution in [3.05, 3.63) is 36.2 Å². The minimum atomic E-state index is -0.579. The molecule has 1 unspecified atom stereocenters. The largest absolute Gasteiger partial charge is 0.494 e. The van der Waals surface area contributed by atoms with Crippen LogP contribution >= 0.6 is 0 Å². The number of ether oxygens (including phenoxy) is 1. The number of alkyl halides is 1. The first kappa shape index (κ1) is 11.5. The van der Waals surface area contributed by atoms with Gasteiger partial charge >= 0.3 is 0 Å². The van der Waals surface area contributed by atoms with Crippen LogP contribution in [0.3, 0.4) is 0 Å². The second-order valence-corrected chi connectivity index (χ2v) is 3.15. The van der Waals surface area contributed by atoms with E-state index in [0.29, 0.717) is 23.5 Å². The molecule has 0 saturated heterocycles. The van der Waals surface area contributed by atoms with Gasteiger partial charge in [-0.25, -0.2) is 0 Å². The molecule has 0 bridgehead atoms. The standard InChI is InChI=1S/C12H13FNO/c1-3-15-11-5-4-10(8-14)12(6-11)9(2)7-13/h4-6,9H,2-3,7H2,1H3. The number of hydrogen-bond acceptors (Lipinski definition) is 2. The van der Waals surface area contributed by atoms with Crippen LogP contribution in [0.1, 0.15) is 24.0 Å². The highest BCUT2D eigenvalue weighted by atomic mass is 19.1. The molecule has 0 aliphatic carbocycles. The quantitative estimate of drug-likeness (QED) is 0.758. The minimum absolute atomic E-state index is 0.455. The van der Waals surface area contributed by atoms with Crippen LogP contribution in [-0.4, -0.2) is 13.3 Å². The average molecular weight is 206 g/mol. The zero-order chi connectivity index (χ0) is 11.3. The van der Waals surface area contributed by atoms with Crippen LogP contribution in [0.25, 0.3) is 0 Å². The maximum atomic E-state index is 12.5. The Morgan fingerprint density at radius 3 is 2.87 bits per heavy atom. The molecule has 0 fully saturated rings. The summed E-state index contributed by atoms with van der Waals surface area (Å²) in [6.07, 6.45) is 0. The van der Waals surface area contributed by atoms with E-state index in [0.717, 1.165) is 0 Å². The van der Waals surface area contributed by atoms with Gasteiger partial charge in [0.2, 0.25) is 0 Å². The molecule has 1 aromatic carbocycles. The van der Waals surface area contributed by atoms with Crippen molar-refractivity contribution in [3.63, 3.8) is 0 Å². The summed E-state index contributed by atoms with van der Waals surface area (Å²) in [5.74, 6) is 0.133. The molecule has 1 radical (unpaired) electrons. The Hall–Kier alpha value is -1.56. The van der Waals surface area contributed by atoms with Gasteiger partial charge in [0, 0.05) is 5.92 Å². The van der Waals surface area contributed by atoms with Gasteiger partial charge in [-0.2, -0.15) is 5.26 Å². The summed E-state index contributed by atoms with van der Waals surface area (Å²) in [7, 11) is 0. The number of rotatable bonds is 4. The van der Waals surface area contributed by atoms with E-state index in [1.54, 1.807) is 18.2 Å². The molecular formula is C12H13FNO. The van der Waals surface area contributed by atoms with E-state index in [1.807, 2.05) is 13.0 Å². The summed E-state index contributed by atoms with van der Waals surface area (Å²) in [6, 6.07) is 7.04. The second-order valence-electron chi connectivity index (χ2n) is 3.15. The van der Waals surface area contributed by atoms with Gasteiger partial charge in [0.25, 0.3) is 0 Å². The van der Waals surface area contributed by atoms with Crippen LogP contribution in [0.15, 0.2) is 18.2 Å². The van der Waals surface area contributed by atoms with Crippen molar-refractivity contribution >= 4 is 0 Å². The molecule has 0 aliphatic rings. The van der Waals surface area contributed by atoms with E-state index in [2.05, 4.69) is 6.92 Å². The molecule has 79 valence electrons. The minimum Gasteiger partial charge on any atom is -0.494 e. The highest BCUT2D eigenvalue weighted by Crippen LogP contribution is 2.24. The van der Waals surface area contributed by atoms with E-state index in [-0.39, 0.29) is 0 Å². The zero-order valence-corrected chi connectivity index (χ0v) is 8.66. The maximum absolute atomic E-state index is 12.5. The van der Waals surface area contributed by atoms with E-state index in [1.165, 1.54) is 0 Å². The first-order valence-corrected chi connectivity index (χ1v) is 4.78. The SMILES string of the molecule is [CH2]C(CF)c1cc(OCC)ccc1C#N. The molecule has 15 heavy (non-hydrogen) atoms. The van der Waals surface area contributed by atoms with Crippen molar-refractivity contribution in [3.8, 4) is 11.8 Å². The Bertz CT molecular complexity index is 370. The molecule has 0 N–H and O–H groups in total. The molecule has 0 heterocycles. The van der Waals surface area contributed by atoms with Gasteiger partial charge < -0.3 is 4.74 Å². The number of nitriles is 1. The molecule has 1 aromatic rings. The molecule has 1 rings (SSSR count). The first-order valence-electron chi connectivity index (χ1n) is 4.78. The van der Waals surface area contributed by atoms with Crippen molar-refractivity contribution in [2.45, 2.75) is 12.8 Å². The zero-order valence-electron chi connectivity index (χ0n) is 8.66. The van der Waals surface area contributed by atoms with Crippen molar-refractivity contribution in [1.29, 1.82) is 5.26 Å². The van der Waals surface area contributed by atoms with Crippen molar-refractivity contribution in [1.82, 2.24) is 0 Å². The highest BCUT2D eigenvalue weighted by molar-refractivity contribution is 5.45. The lowest BCUT2D eigenvalue weighted by Crippen LogP contribution is -2.01. The van der Waals surface area contributed by atoms with Crippen LogP contribution in [0, 0.1) is 18.3 Å². The number of nitrogens with zero attached hydrogens (tertiary/aromatic N) is 1. The summed E-state index contributed by atoms with van der Waals surface area (Å²) in [4.78, 5) is 0. The Morgan fingerprint density at radius 1 is 1.60 bits per heavy atom. The average Bonchev–Trinajstić information content (AvgIpc) is 2.28. The number of halogens is 1. The van der Waals surface area contributed by atoms with Gasteiger partial charge in [0.05, 0.1) is 24.9 Å². The van der Waals surface area contributed by atoms with E-state index in [4.69, 9.17) is 10.00 Å². The van der Waals surface area contributed by atoms with Crippen LogP contribution < -0.4 is 4.74 Å². The van der Waals surface area contributed by atoms with Gasteiger partial charge in [-0.15, -0.1) is 0 Å². The highest BCUT2D eigenvalue weighted by Gasteiger charge is 2.11. The third-order valence-electron chi connectivity index (χ3n) is 2.08. The number of benzene rings is 1. The molecule has 0 spiro atoms. The molecule has 0 amide bonds. The van der Waals surface area contributed by atoms with E-state index in [9.17, 15) is 4.39 Å². The summed E-state index contributed by atoms with van der Waals surface area (Å²) in [6.45, 7) is 5.49. The molecule has 0 saturated carbocycles. The van der Waals surface area contributed by atoms with Gasteiger partial charge in [-0.3, -0.25) is 4.39 Å². The fourth-order valence-corrected chi connectivity index (χ4v) is 1.32.